The Morgan fingerprint density at radius 2 is 2.11 bits per heavy atom. The number of piperidine rings is 1. The Hall–Kier alpha value is -1.55. The molecule has 1 amide bonds. The number of carbonyl (C=O) groups is 1. The van der Waals surface area contributed by atoms with Gasteiger partial charge >= 0.3 is 0 Å². The molecule has 0 spiro atoms. The van der Waals surface area contributed by atoms with Crippen molar-refractivity contribution in [3.8, 4) is 5.75 Å². The van der Waals surface area contributed by atoms with E-state index in [0.29, 0.717) is 17.9 Å². The molecule has 104 valence electrons. The zero-order valence-corrected chi connectivity index (χ0v) is 11.5. The first-order valence-corrected chi connectivity index (χ1v) is 6.94. The number of rotatable bonds is 5. The molecule has 0 aliphatic carbocycles. The highest BCUT2D eigenvalue weighted by Gasteiger charge is 2.10. The maximum absolute atomic E-state index is 12.0. The summed E-state index contributed by atoms with van der Waals surface area (Å²) in [7, 11) is 1.60. The SMILES string of the molecule is COc1cccc(C(=O)NCCN2CCCCC2)c1. The second kappa shape index (κ2) is 7.14. The van der Waals surface area contributed by atoms with Crippen LogP contribution < -0.4 is 10.1 Å². The summed E-state index contributed by atoms with van der Waals surface area (Å²) in [5.74, 6) is 0.680. The van der Waals surface area contributed by atoms with E-state index in [-0.39, 0.29) is 5.91 Å². The van der Waals surface area contributed by atoms with Crippen LogP contribution in [0.25, 0.3) is 0 Å². The van der Waals surface area contributed by atoms with Gasteiger partial charge in [-0.15, -0.1) is 0 Å². The lowest BCUT2D eigenvalue weighted by Gasteiger charge is -2.26. The molecule has 1 N–H and O–H groups in total. The molecule has 1 aromatic rings. The van der Waals surface area contributed by atoms with Crippen molar-refractivity contribution in [1.82, 2.24) is 10.2 Å². The highest BCUT2D eigenvalue weighted by molar-refractivity contribution is 5.94. The first-order chi connectivity index (χ1) is 9.29. The van der Waals surface area contributed by atoms with Crippen LogP contribution in [-0.4, -0.2) is 44.1 Å². The molecular weight excluding hydrogens is 240 g/mol. The molecular formula is C15H22N2O2. The van der Waals surface area contributed by atoms with Crippen molar-refractivity contribution in [3.05, 3.63) is 29.8 Å². The number of nitrogens with zero attached hydrogens (tertiary/aromatic N) is 1. The van der Waals surface area contributed by atoms with Gasteiger partial charge in [-0.25, -0.2) is 0 Å². The Kier molecular flexibility index (Phi) is 5.21. The Bertz CT molecular complexity index is 414. The van der Waals surface area contributed by atoms with Crippen LogP contribution in [0.4, 0.5) is 0 Å². The second-order valence-electron chi connectivity index (χ2n) is 4.89. The molecule has 0 saturated carbocycles. The zero-order chi connectivity index (χ0) is 13.5. The number of likely N-dealkylation sites (tertiary alicyclic amines) is 1. The van der Waals surface area contributed by atoms with Gasteiger partial charge in [-0.1, -0.05) is 12.5 Å². The molecule has 4 nitrogen and oxygen atoms in total. The lowest BCUT2D eigenvalue weighted by molar-refractivity contribution is 0.0946. The van der Waals surface area contributed by atoms with Crippen molar-refractivity contribution in [1.29, 1.82) is 0 Å². The largest absolute Gasteiger partial charge is 0.497 e. The van der Waals surface area contributed by atoms with E-state index in [1.54, 1.807) is 19.2 Å². The average Bonchev–Trinajstić information content (AvgIpc) is 2.48. The van der Waals surface area contributed by atoms with Crippen LogP contribution in [0.5, 0.6) is 5.75 Å². The molecule has 4 heteroatoms. The van der Waals surface area contributed by atoms with Gasteiger partial charge in [0.15, 0.2) is 0 Å². The van der Waals surface area contributed by atoms with Gasteiger partial charge in [-0.2, -0.15) is 0 Å². The number of ether oxygens (including phenoxy) is 1. The van der Waals surface area contributed by atoms with Gasteiger partial charge in [0.1, 0.15) is 5.75 Å². The van der Waals surface area contributed by atoms with Gasteiger partial charge in [0.05, 0.1) is 7.11 Å². The van der Waals surface area contributed by atoms with Crippen LogP contribution in [0.15, 0.2) is 24.3 Å². The van der Waals surface area contributed by atoms with E-state index in [9.17, 15) is 4.79 Å². The first-order valence-electron chi connectivity index (χ1n) is 6.94. The minimum Gasteiger partial charge on any atom is -0.497 e. The number of hydrogen-bond donors (Lipinski definition) is 1. The number of benzene rings is 1. The summed E-state index contributed by atoms with van der Waals surface area (Å²) in [6.45, 7) is 3.97. The predicted octanol–water partition coefficient (Wildman–Crippen LogP) is 1.91. The minimum atomic E-state index is -0.0316. The van der Waals surface area contributed by atoms with E-state index >= 15 is 0 Å². The maximum Gasteiger partial charge on any atom is 0.251 e. The molecule has 0 unspecified atom stereocenters. The summed E-state index contributed by atoms with van der Waals surface area (Å²) in [5, 5.41) is 2.96. The van der Waals surface area contributed by atoms with E-state index in [4.69, 9.17) is 4.74 Å². The van der Waals surface area contributed by atoms with E-state index in [1.807, 2.05) is 12.1 Å². The highest BCUT2D eigenvalue weighted by atomic mass is 16.5. The van der Waals surface area contributed by atoms with E-state index < -0.39 is 0 Å². The van der Waals surface area contributed by atoms with Crippen LogP contribution >= 0.6 is 0 Å². The third-order valence-corrected chi connectivity index (χ3v) is 3.49. The highest BCUT2D eigenvalue weighted by Crippen LogP contribution is 2.12. The Balaban J connectivity index is 1.77. The van der Waals surface area contributed by atoms with Crippen LogP contribution in [0.1, 0.15) is 29.6 Å². The van der Waals surface area contributed by atoms with Gasteiger partial charge in [0.2, 0.25) is 0 Å². The maximum atomic E-state index is 12.0. The average molecular weight is 262 g/mol. The van der Waals surface area contributed by atoms with Crippen LogP contribution in [0, 0.1) is 0 Å². The van der Waals surface area contributed by atoms with Gasteiger partial charge in [0.25, 0.3) is 5.91 Å². The fourth-order valence-corrected chi connectivity index (χ4v) is 2.38. The number of carbonyl (C=O) groups excluding carboxylic acids is 1. The van der Waals surface area contributed by atoms with Gasteiger partial charge < -0.3 is 15.0 Å². The molecule has 1 aliphatic rings. The molecule has 19 heavy (non-hydrogen) atoms. The molecule has 2 rings (SSSR count). The summed E-state index contributed by atoms with van der Waals surface area (Å²) in [4.78, 5) is 14.4. The molecule has 1 fully saturated rings. The fourth-order valence-electron chi connectivity index (χ4n) is 2.38. The zero-order valence-electron chi connectivity index (χ0n) is 11.5. The van der Waals surface area contributed by atoms with Crippen molar-refractivity contribution in [2.75, 3.05) is 33.3 Å². The van der Waals surface area contributed by atoms with Gasteiger partial charge in [0, 0.05) is 18.7 Å². The van der Waals surface area contributed by atoms with Gasteiger partial charge in [-0.05, 0) is 44.1 Å². The second-order valence-corrected chi connectivity index (χ2v) is 4.89. The molecule has 1 aromatic carbocycles. The molecule has 0 aromatic heterocycles. The Morgan fingerprint density at radius 1 is 1.32 bits per heavy atom. The van der Waals surface area contributed by atoms with Crippen molar-refractivity contribution in [2.45, 2.75) is 19.3 Å². The summed E-state index contributed by atoms with van der Waals surface area (Å²) in [6.07, 6.45) is 3.90. The number of amides is 1. The number of hydrogen-bond acceptors (Lipinski definition) is 3. The number of nitrogens with one attached hydrogen (secondary N) is 1. The van der Waals surface area contributed by atoms with Crippen LogP contribution in [-0.2, 0) is 0 Å². The minimum absolute atomic E-state index is 0.0316. The molecule has 0 radical (unpaired) electrons. The van der Waals surface area contributed by atoms with Crippen molar-refractivity contribution in [2.24, 2.45) is 0 Å². The molecule has 1 heterocycles. The molecule has 1 aliphatic heterocycles. The Morgan fingerprint density at radius 3 is 2.84 bits per heavy atom. The molecule has 0 atom stereocenters. The molecule has 0 bridgehead atoms. The van der Waals surface area contributed by atoms with Crippen molar-refractivity contribution < 1.29 is 9.53 Å². The third-order valence-electron chi connectivity index (χ3n) is 3.49. The topological polar surface area (TPSA) is 41.6 Å². The number of methoxy groups -OCH3 is 1. The van der Waals surface area contributed by atoms with E-state index in [1.165, 1.54) is 19.3 Å². The monoisotopic (exact) mass is 262 g/mol. The first kappa shape index (κ1) is 13.9. The Labute approximate surface area is 114 Å². The lowest BCUT2D eigenvalue weighted by atomic mass is 10.1. The fraction of sp³-hybridized carbons (Fsp3) is 0.533. The van der Waals surface area contributed by atoms with Crippen LogP contribution in [0.3, 0.4) is 0 Å². The van der Waals surface area contributed by atoms with Gasteiger partial charge in [-0.3, -0.25) is 4.79 Å². The summed E-state index contributed by atoms with van der Waals surface area (Å²) in [5.41, 5.74) is 0.651. The third kappa shape index (κ3) is 4.24. The molecule has 1 saturated heterocycles. The summed E-state index contributed by atoms with van der Waals surface area (Å²) in [6, 6.07) is 7.23. The lowest BCUT2D eigenvalue weighted by Crippen LogP contribution is -2.37. The van der Waals surface area contributed by atoms with E-state index in [2.05, 4.69) is 10.2 Å². The normalized spacial score (nSPS) is 16.1. The quantitative estimate of drug-likeness (QED) is 0.881. The summed E-state index contributed by atoms with van der Waals surface area (Å²) < 4.78 is 5.12. The standard InChI is InChI=1S/C15H22N2O2/c1-19-14-7-5-6-13(12-14)15(18)16-8-11-17-9-3-2-4-10-17/h5-7,12H,2-4,8-11H2,1H3,(H,16,18). The van der Waals surface area contributed by atoms with E-state index in [0.717, 1.165) is 19.6 Å². The summed E-state index contributed by atoms with van der Waals surface area (Å²) >= 11 is 0. The van der Waals surface area contributed by atoms with Crippen LogP contribution in [0.2, 0.25) is 0 Å². The predicted molar refractivity (Wildman–Crippen MR) is 75.6 cm³/mol. The smallest absolute Gasteiger partial charge is 0.251 e. The van der Waals surface area contributed by atoms with Crippen molar-refractivity contribution in [3.63, 3.8) is 0 Å². The van der Waals surface area contributed by atoms with Crippen molar-refractivity contribution >= 4 is 5.91 Å².